The highest BCUT2D eigenvalue weighted by atomic mass is 32.2. The Morgan fingerprint density at radius 1 is 1.00 bits per heavy atom. The van der Waals surface area contributed by atoms with Gasteiger partial charge in [0.2, 0.25) is 0 Å². The summed E-state index contributed by atoms with van der Waals surface area (Å²) in [6.45, 7) is 0.584. The first-order valence-electron chi connectivity index (χ1n) is 8.15. The first-order valence-corrected chi connectivity index (χ1v) is 9.13. The molecule has 4 aromatic rings. The molecule has 0 aliphatic carbocycles. The predicted octanol–water partition coefficient (Wildman–Crippen LogP) is 3.47. The van der Waals surface area contributed by atoms with Crippen molar-refractivity contribution in [3.8, 4) is 0 Å². The highest BCUT2D eigenvalue weighted by Gasteiger charge is 2.13. The summed E-state index contributed by atoms with van der Waals surface area (Å²) >= 11 is 1.50. The molecule has 0 radical (unpaired) electrons. The number of fused-ring (bicyclic) bond motifs is 1. The van der Waals surface area contributed by atoms with E-state index in [9.17, 15) is 10.1 Å². The molecule has 0 N–H and O–H groups in total. The van der Waals surface area contributed by atoms with E-state index in [1.54, 1.807) is 16.8 Å². The number of non-ortho nitro benzene ring substituents is 1. The lowest BCUT2D eigenvalue weighted by molar-refractivity contribution is -0.384. The normalized spacial score (nSPS) is 11.0. The van der Waals surface area contributed by atoms with Crippen LogP contribution < -0.4 is 0 Å². The van der Waals surface area contributed by atoms with E-state index in [1.807, 2.05) is 30.3 Å². The van der Waals surface area contributed by atoms with Crippen LogP contribution in [-0.4, -0.2) is 29.9 Å². The Labute approximate surface area is 158 Å². The highest BCUT2D eigenvalue weighted by Crippen LogP contribution is 2.26. The zero-order chi connectivity index (χ0) is 18.6. The van der Waals surface area contributed by atoms with Crippen molar-refractivity contribution in [3.63, 3.8) is 0 Å². The van der Waals surface area contributed by atoms with Crippen LogP contribution in [0.1, 0.15) is 11.1 Å². The summed E-state index contributed by atoms with van der Waals surface area (Å²) in [6.07, 6.45) is 1.51. The van der Waals surface area contributed by atoms with Gasteiger partial charge in [0.05, 0.1) is 11.5 Å². The molecule has 9 heteroatoms. The van der Waals surface area contributed by atoms with Crippen molar-refractivity contribution in [2.45, 2.75) is 17.3 Å². The number of rotatable bonds is 6. The van der Waals surface area contributed by atoms with Crippen LogP contribution in [0.2, 0.25) is 0 Å². The highest BCUT2D eigenvalue weighted by molar-refractivity contribution is 7.98. The maximum Gasteiger partial charge on any atom is 0.269 e. The number of nitrogens with zero attached hydrogens (tertiary/aromatic N) is 6. The van der Waals surface area contributed by atoms with Gasteiger partial charge in [-0.15, -0.1) is 5.10 Å². The molecule has 0 unspecified atom stereocenters. The van der Waals surface area contributed by atoms with Gasteiger partial charge in [0.15, 0.2) is 11.2 Å². The number of thioether (sulfide) groups is 1. The first-order chi connectivity index (χ1) is 13.2. The van der Waals surface area contributed by atoms with Crippen LogP contribution in [0.4, 0.5) is 5.69 Å². The molecule has 0 amide bonds. The van der Waals surface area contributed by atoms with Crippen LogP contribution in [0.15, 0.2) is 66.0 Å². The van der Waals surface area contributed by atoms with Crippen LogP contribution in [-0.2, 0) is 12.3 Å². The fourth-order valence-electron chi connectivity index (χ4n) is 2.61. The summed E-state index contributed by atoms with van der Waals surface area (Å²) in [5.41, 5.74) is 3.49. The summed E-state index contributed by atoms with van der Waals surface area (Å²) < 4.78 is 1.75. The van der Waals surface area contributed by atoms with Gasteiger partial charge in [-0.2, -0.15) is 0 Å². The summed E-state index contributed by atoms with van der Waals surface area (Å²) in [5.74, 6) is 0.621. The third-order valence-corrected chi connectivity index (χ3v) is 5.01. The molecule has 0 bridgehead atoms. The molecule has 0 aliphatic rings. The maximum absolute atomic E-state index is 10.7. The molecule has 0 fully saturated rings. The van der Waals surface area contributed by atoms with E-state index in [-0.39, 0.29) is 5.69 Å². The molecule has 8 nitrogen and oxygen atoms in total. The van der Waals surface area contributed by atoms with Crippen molar-refractivity contribution in [2.24, 2.45) is 0 Å². The molecule has 2 aromatic carbocycles. The molecule has 0 aliphatic heterocycles. The van der Waals surface area contributed by atoms with Gasteiger partial charge in [0.1, 0.15) is 11.4 Å². The molecule has 134 valence electrons. The van der Waals surface area contributed by atoms with E-state index >= 15 is 0 Å². The van der Waals surface area contributed by atoms with Crippen molar-refractivity contribution in [3.05, 3.63) is 82.2 Å². The van der Waals surface area contributed by atoms with Crippen molar-refractivity contribution in [1.29, 1.82) is 0 Å². The number of hydrogen-bond donors (Lipinski definition) is 0. The Balaban J connectivity index is 1.53. The van der Waals surface area contributed by atoms with Crippen LogP contribution in [0.25, 0.3) is 11.2 Å². The first kappa shape index (κ1) is 17.1. The molecule has 2 heterocycles. The second-order valence-electron chi connectivity index (χ2n) is 5.80. The van der Waals surface area contributed by atoms with Crippen LogP contribution in [0, 0.1) is 10.1 Å². The quantitative estimate of drug-likeness (QED) is 0.219. The molecule has 0 spiro atoms. The fraction of sp³-hybridized carbons (Fsp3) is 0.111. The molecule has 4 rings (SSSR count). The molecule has 0 atom stereocenters. The van der Waals surface area contributed by atoms with Crippen molar-refractivity contribution in [1.82, 2.24) is 25.0 Å². The van der Waals surface area contributed by atoms with Gasteiger partial charge < -0.3 is 0 Å². The van der Waals surface area contributed by atoms with E-state index < -0.39 is 4.92 Å². The largest absolute Gasteiger partial charge is 0.269 e. The zero-order valence-electron chi connectivity index (χ0n) is 14.1. The molecule has 2 aromatic heterocycles. The van der Waals surface area contributed by atoms with E-state index in [1.165, 1.54) is 30.2 Å². The minimum Gasteiger partial charge on any atom is -0.258 e. The van der Waals surface area contributed by atoms with Gasteiger partial charge in [0.25, 0.3) is 5.69 Å². The van der Waals surface area contributed by atoms with Crippen molar-refractivity contribution < 1.29 is 4.92 Å². The van der Waals surface area contributed by atoms with E-state index in [0.29, 0.717) is 23.5 Å². The van der Waals surface area contributed by atoms with Gasteiger partial charge >= 0.3 is 0 Å². The van der Waals surface area contributed by atoms with Gasteiger partial charge in [-0.1, -0.05) is 59.4 Å². The fourth-order valence-corrected chi connectivity index (χ4v) is 3.49. The Kier molecular flexibility index (Phi) is 4.75. The third-order valence-electron chi connectivity index (χ3n) is 3.96. The Morgan fingerprint density at radius 2 is 1.78 bits per heavy atom. The Morgan fingerprint density at radius 3 is 2.52 bits per heavy atom. The Bertz CT molecular complexity index is 1080. The minimum atomic E-state index is -0.407. The lowest BCUT2D eigenvalue weighted by Gasteiger charge is -2.03. The SMILES string of the molecule is O=[N+]([O-])c1ccc(CSc2ncnc3c2nnn3Cc2ccccc2)cc1. The third kappa shape index (κ3) is 3.77. The summed E-state index contributed by atoms with van der Waals surface area (Å²) in [4.78, 5) is 19.0. The molecular weight excluding hydrogens is 364 g/mol. The van der Waals surface area contributed by atoms with Crippen LogP contribution in [0.3, 0.4) is 0 Å². The standard InChI is InChI=1S/C18H14N6O2S/c25-24(26)15-8-6-14(7-9-15)11-27-18-16-17(19-12-20-18)23(22-21-16)10-13-4-2-1-3-5-13/h1-9,12H,10-11H2. The lowest BCUT2D eigenvalue weighted by atomic mass is 10.2. The average Bonchev–Trinajstić information content (AvgIpc) is 3.11. The molecule has 0 saturated carbocycles. The van der Waals surface area contributed by atoms with Gasteiger partial charge in [-0.3, -0.25) is 10.1 Å². The smallest absolute Gasteiger partial charge is 0.258 e. The summed E-state index contributed by atoms with van der Waals surface area (Å²) in [6, 6.07) is 16.5. The minimum absolute atomic E-state index is 0.0806. The lowest BCUT2D eigenvalue weighted by Crippen LogP contribution is -2.02. The van der Waals surface area contributed by atoms with Gasteiger partial charge in [-0.05, 0) is 11.1 Å². The number of nitro groups is 1. The average molecular weight is 378 g/mol. The molecule has 27 heavy (non-hydrogen) atoms. The Hall–Kier alpha value is -3.33. The number of nitro benzene ring substituents is 1. The van der Waals surface area contributed by atoms with Gasteiger partial charge in [0, 0.05) is 17.9 Å². The van der Waals surface area contributed by atoms with E-state index in [2.05, 4.69) is 20.3 Å². The van der Waals surface area contributed by atoms with E-state index in [4.69, 9.17) is 0 Å². The van der Waals surface area contributed by atoms with Crippen LogP contribution in [0.5, 0.6) is 0 Å². The predicted molar refractivity (Wildman–Crippen MR) is 101 cm³/mol. The monoisotopic (exact) mass is 378 g/mol. The van der Waals surface area contributed by atoms with Gasteiger partial charge in [-0.25, -0.2) is 14.6 Å². The van der Waals surface area contributed by atoms with Crippen LogP contribution >= 0.6 is 11.8 Å². The number of benzene rings is 2. The second kappa shape index (κ2) is 7.50. The number of hydrogen-bond acceptors (Lipinski definition) is 7. The zero-order valence-corrected chi connectivity index (χ0v) is 14.9. The van der Waals surface area contributed by atoms with Crippen molar-refractivity contribution >= 4 is 28.6 Å². The maximum atomic E-state index is 10.7. The second-order valence-corrected chi connectivity index (χ2v) is 6.76. The van der Waals surface area contributed by atoms with E-state index in [0.717, 1.165) is 16.2 Å². The van der Waals surface area contributed by atoms with Crippen molar-refractivity contribution in [2.75, 3.05) is 0 Å². The summed E-state index contributed by atoms with van der Waals surface area (Å²) in [5, 5.41) is 19.9. The molecular formula is C18H14N6O2S. The topological polar surface area (TPSA) is 99.6 Å². The molecule has 0 saturated heterocycles. The number of aromatic nitrogens is 5. The summed E-state index contributed by atoms with van der Waals surface area (Å²) in [7, 11) is 0.